The molecule has 17 heavy (non-hydrogen) atoms. The number of nitrogens with two attached hydrogens (primary N) is 1. The third-order valence-electron chi connectivity index (χ3n) is 2.24. The minimum Gasteiger partial charge on any atom is -0.443 e. The van der Waals surface area contributed by atoms with Crippen molar-refractivity contribution in [2.75, 3.05) is 14.1 Å². The average molecular weight is 352 g/mol. The van der Waals surface area contributed by atoms with Gasteiger partial charge in [-0.1, -0.05) is 6.92 Å². The van der Waals surface area contributed by atoms with E-state index in [-0.39, 0.29) is 24.0 Å². The normalized spacial score (nSPS) is 11.2. The van der Waals surface area contributed by atoms with Crippen LogP contribution in [0.5, 0.6) is 0 Å². The van der Waals surface area contributed by atoms with Crippen LogP contribution in [0.15, 0.2) is 9.41 Å². The first-order chi connectivity index (χ1) is 7.54. The molecule has 0 saturated heterocycles. The van der Waals surface area contributed by atoms with Crippen LogP contribution in [-0.4, -0.2) is 29.9 Å². The Morgan fingerprint density at radius 2 is 2.12 bits per heavy atom. The van der Waals surface area contributed by atoms with Crippen molar-refractivity contribution in [1.29, 1.82) is 0 Å². The molecule has 1 heterocycles. The maximum atomic E-state index is 5.69. The van der Waals surface area contributed by atoms with Crippen LogP contribution in [0.4, 0.5) is 0 Å². The first-order valence-electron chi connectivity index (χ1n) is 5.47. The van der Waals surface area contributed by atoms with Gasteiger partial charge < -0.3 is 15.1 Å². The molecule has 0 aliphatic carbocycles. The fourth-order valence-corrected chi connectivity index (χ4v) is 1.25. The molecule has 0 aliphatic heterocycles. The third-order valence-corrected chi connectivity index (χ3v) is 2.24. The number of aromatic nitrogens is 1. The molecule has 1 aromatic heterocycles. The Balaban J connectivity index is 0.00000256. The molecule has 0 aliphatic rings. The molecule has 6 heteroatoms. The van der Waals surface area contributed by atoms with Crippen LogP contribution in [-0.2, 0) is 13.0 Å². The van der Waals surface area contributed by atoms with E-state index < -0.39 is 0 Å². The smallest absolute Gasteiger partial charge is 0.194 e. The minimum absolute atomic E-state index is 0. The number of guanidine groups is 1. The van der Waals surface area contributed by atoms with E-state index in [4.69, 9.17) is 10.2 Å². The van der Waals surface area contributed by atoms with Crippen molar-refractivity contribution in [3.05, 3.63) is 17.3 Å². The minimum atomic E-state index is 0. The van der Waals surface area contributed by atoms with E-state index >= 15 is 0 Å². The summed E-state index contributed by atoms with van der Waals surface area (Å²) >= 11 is 0. The van der Waals surface area contributed by atoms with E-state index in [9.17, 15) is 0 Å². The van der Waals surface area contributed by atoms with Gasteiger partial charge in [0.25, 0.3) is 0 Å². The summed E-state index contributed by atoms with van der Waals surface area (Å²) in [4.78, 5) is 10.3. The lowest BCUT2D eigenvalue weighted by Crippen LogP contribution is -2.30. The highest BCUT2D eigenvalue weighted by atomic mass is 127. The largest absolute Gasteiger partial charge is 0.443 e. The summed E-state index contributed by atoms with van der Waals surface area (Å²) in [5.41, 5.74) is 6.60. The van der Waals surface area contributed by atoms with Gasteiger partial charge in [0.1, 0.15) is 12.3 Å². The van der Waals surface area contributed by atoms with E-state index in [2.05, 4.69) is 16.9 Å². The number of rotatable bonds is 4. The van der Waals surface area contributed by atoms with Gasteiger partial charge in [-0.3, -0.25) is 0 Å². The molecule has 98 valence electrons. The van der Waals surface area contributed by atoms with Gasteiger partial charge in [0.15, 0.2) is 11.9 Å². The first kappa shape index (κ1) is 16.2. The highest BCUT2D eigenvalue weighted by Crippen LogP contribution is 2.12. The molecule has 0 unspecified atom stereocenters. The van der Waals surface area contributed by atoms with Crippen LogP contribution in [0.2, 0.25) is 0 Å². The number of halogens is 1. The molecule has 0 spiro atoms. The molecule has 0 bridgehead atoms. The van der Waals surface area contributed by atoms with E-state index in [1.807, 2.05) is 21.0 Å². The van der Waals surface area contributed by atoms with Crippen molar-refractivity contribution in [2.45, 2.75) is 33.2 Å². The number of hydrogen-bond acceptors (Lipinski definition) is 3. The second kappa shape index (κ2) is 7.52. The van der Waals surface area contributed by atoms with Crippen LogP contribution in [0.1, 0.15) is 30.7 Å². The van der Waals surface area contributed by atoms with Crippen molar-refractivity contribution in [3.8, 4) is 0 Å². The molecular formula is C11H21IN4O. The summed E-state index contributed by atoms with van der Waals surface area (Å²) in [6.45, 7) is 4.48. The summed E-state index contributed by atoms with van der Waals surface area (Å²) in [5.74, 6) is 2.08. The standard InChI is InChI=1S/C11H20N4O.HI/c1-5-6-10-14-8(2)9(16-10)7-13-11(12)15(3)4;/h5-7H2,1-4H3,(H2,12,13);1H. The van der Waals surface area contributed by atoms with Gasteiger partial charge in [-0.25, -0.2) is 9.98 Å². The van der Waals surface area contributed by atoms with Crippen LogP contribution in [0, 0.1) is 6.92 Å². The van der Waals surface area contributed by atoms with E-state index in [0.29, 0.717) is 12.5 Å². The van der Waals surface area contributed by atoms with Crippen molar-refractivity contribution < 1.29 is 4.42 Å². The van der Waals surface area contributed by atoms with Crippen molar-refractivity contribution in [1.82, 2.24) is 9.88 Å². The lowest BCUT2D eigenvalue weighted by Gasteiger charge is -2.09. The highest BCUT2D eigenvalue weighted by Gasteiger charge is 2.08. The molecule has 0 amide bonds. The molecular weight excluding hydrogens is 331 g/mol. The monoisotopic (exact) mass is 352 g/mol. The summed E-state index contributed by atoms with van der Waals surface area (Å²) in [6, 6.07) is 0. The summed E-state index contributed by atoms with van der Waals surface area (Å²) < 4.78 is 5.59. The Labute approximate surface area is 120 Å². The predicted molar refractivity (Wildman–Crippen MR) is 79.7 cm³/mol. The topological polar surface area (TPSA) is 67.7 Å². The number of oxazole rings is 1. The quantitative estimate of drug-likeness (QED) is 0.511. The maximum absolute atomic E-state index is 5.69. The van der Waals surface area contributed by atoms with Crippen molar-refractivity contribution in [2.24, 2.45) is 10.7 Å². The molecule has 1 aromatic rings. The number of aryl methyl sites for hydroxylation is 2. The van der Waals surface area contributed by atoms with E-state index in [1.165, 1.54) is 0 Å². The Morgan fingerprint density at radius 3 is 2.65 bits per heavy atom. The molecule has 0 saturated carbocycles. The zero-order valence-corrected chi connectivity index (χ0v) is 13.2. The van der Waals surface area contributed by atoms with Gasteiger partial charge in [0.05, 0.1) is 5.69 Å². The predicted octanol–water partition coefficient (Wildman–Crippen LogP) is 1.93. The fraction of sp³-hybridized carbons (Fsp3) is 0.636. The van der Waals surface area contributed by atoms with Gasteiger partial charge in [-0.15, -0.1) is 24.0 Å². The van der Waals surface area contributed by atoms with Crippen molar-refractivity contribution >= 4 is 29.9 Å². The number of nitrogens with zero attached hydrogens (tertiary/aromatic N) is 3. The summed E-state index contributed by atoms with van der Waals surface area (Å²) in [6.07, 6.45) is 1.90. The Bertz CT molecular complexity index is 374. The lowest BCUT2D eigenvalue weighted by molar-refractivity contribution is 0.452. The van der Waals surface area contributed by atoms with Gasteiger partial charge in [-0.2, -0.15) is 0 Å². The van der Waals surface area contributed by atoms with Gasteiger partial charge in [-0.05, 0) is 13.3 Å². The third kappa shape index (κ3) is 4.93. The van der Waals surface area contributed by atoms with Crippen LogP contribution in [0.25, 0.3) is 0 Å². The van der Waals surface area contributed by atoms with Crippen LogP contribution in [0.3, 0.4) is 0 Å². The Kier molecular flexibility index (Phi) is 7.17. The molecule has 2 N–H and O–H groups in total. The average Bonchev–Trinajstić information content (AvgIpc) is 2.56. The molecule has 1 rings (SSSR count). The van der Waals surface area contributed by atoms with Crippen molar-refractivity contribution in [3.63, 3.8) is 0 Å². The van der Waals surface area contributed by atoms with E-state index in [1.54, 1.807) is 4.90 Å². The summed E-state index contributed by atoms with van der Waals surface area (Å²) in [7, 11) is 3.71. The Morgan fingerprint density at radius 1 is 1.47 bits per heavy atom. The zero-order chi connectivity index (χ0) is 12.1. The zero-order valence-electron chi connectivity index (χ0n) is 10.9. The SMILES string of the molecule is CCCc1nc(C)c(CN=C(N)N(C)C)o1.I. The first-order valence-corrected chi connectivity index (χ1v) is 5.47. The molecule has 5 nitrogen and oxygen atoms in total. The molecule has 0 radical (unpaired) electrons. The van der Waals surface area contributed by atoms with Gasteiger partial charge in [0, 0.05) is 20.5 Å². The number of hydrogen-bond donors (Lipinski definition) is 1. The molecule has 0 atom stereocenters. The van der Waals surface area contributed by atoms with Gasteiger partial charge >= 0.3 is 0 Å². The van der Waals surface area contributed by atoms with Crippen LogP contribution >= 0.6 is 24.0 Å². The summed E-state index contributed by atoms with van der Waals surface area (Å²) in [5, 5.41) is 0. The van der Waals surface area contributed by atoms with E-state index in [0.717, 1.165) is 30.2 Å². The Hall–Kier alpha value is -0.790. The molecule has 0 aromatic carbocycles. The maximum Gasteiger partial charge on any atom is 0.194 e. The molecule has 0 fully saturated rings. The second-order valence-corrected chi connectivity index (χ2v) is 3.94. The fourth-order valence-electron chi connectivity index (χ4n) is 1.25. The highest BCUT2D eigenvalue weighted by molar-refractivity contribution is 14.0. The second-order valence-electron chi connectivity index (χ2n) is 3.94. The van der Waals surface area contributed by atoms with Crippen LogP contribution < -0.4 is 5.73 Å². The lowest BCUT2D eigenvalue weighted by atomic mass is 10.3. The number of aliphatic imine (C=N–C) groups is 1. The van der Waals surface area contributed by atoms with Gasteiger partial charge in [0.2, 0.25) is 0 Å².